The number of piperidine rings is 1. The Bertz CT molecular complexity index is 493. The van der Waals surface area contributed by atoms with Crippen LogP contribution in [0.3, 0.4) is 0 Å². The molecule has 0 unspecified atom stereocenters. The van der Waals surface area contributed by atoms with Crippen molar-refractivity contribution < 1.29 is 8.42 Å². The van der Waals surface area contributed by atoms with Crippen molar-refractivity contribution in [3.8, 4) is 0 Å². The summed E-state index contributed by atoms with van der Waals surface area (Å²) in [5.41, 5.74) is 0.974. The first kappa shape index (κ1) is 14.3. The average molecular weight is 283 g/mol. The monoisotopic (exact) mass is 283 g/mol. The molecule has 1 aliphatic rings. The Labute approximate surface area is 114 Å². The largest absolute Gasteiger partial charge is 0.382 e. The first-order valence-corrected chi connectivity index (χ1v) is 8.17. The second-order valence-corrected chi connectivity index (χ2v) is 6.46. The van der Waals surface area contributed by atoms with E-state index in [0.717, 1.165) is 31.6 Å². The maximum atomic E-state index is 11.8. The molecule has 0 saturated carbocycles. The van der Waals surface area contributed by atoms with Gasteiger partial charge in [-0.25, -0.2) is 13.1 Å². The fourth-order valence-electron chi connectivity index (χ4n) is 2.21. The number of benzene rings is 1. The van der Waals surface area contributed by atoms with E-state index in [2.05, 4.69) is 15.4 Å². The maximum absolute atomic E-state index is 11.8. The summed E-state index contributed by atoms with van der Waals surface area (Å²) >= 11 is 0. The molecule has 1 heterocycles. The number of hydrogen-bond acceptors (Lipinski definition) is 4. The molecule has 0 aliphatic carbocycles. The molecule has 1 aromatic carbocycles. The summed E-state index contributed by atoms with van der Waals surface area (Å²) in [6.45, 7) is 4.23. The summed E-state index contributed by atoms with van der Waals surface area (Å²) in [5, 5.41) is 6.75. The summed E-state index contributed by atoms with van der Waals surface area (Å²) in [5.74, 6) is 0. The third-order valence-corrected chi connectivity index (χ3v) is 4.77. The molecule has 106 valence electrons. The molecule has 0 aromatic heterocycles. The highest BCUT2D eigenvalue weighted by molar-refractivity contribution is 7.89. The Balaban J connectivity index is 2.01. The van der Waals surface area contributed by atoms with Crippen molar-refractivity contribution >= 4 is 15.7 Å². The lowest BCUT2D eigenvalue weighted by atomic mass is 10.1. The highest BCUT2D eigenvalue weighted by Gasteiger charge is 2.14. The van der Waals surface area contributed by atoms with Gasteiger partial charge in [-0.1, -0.05) is 6.92 Å². The number of anilines is 1. The van der Waals surface area contributed by atoms with Gasteiger partial charge < -0.3 is 10.6 Å². The van der Waals surface area contributed by atoms with Crippen molar-refractivity contribution in [2.45, 2.75) is 30.7 Å². The lowest BCUT2D eigenvalue weighted by molar-refractivity contribution is 0.479. The topological polar surface area (TPSA) is 70.2 Å². The van der Waals surface area contributed by atoms with Gasteiger partial charge in [0.05, 0.1) is 4.90 Å². The third-order valence-electron chi connectivity index (χ3n) is 3.21. The zero-order chi connectivity index (χ0) is 13.7. The van der Waals surface area contributed by atoms with E-state index in [1.807, 2.05) is 12.1 Å². The molecule has 0 bridgehead atoms. The number of sulfonamides is 1. The van der Waals surface area contributed by atoms with E-state index >= 15 is 0 Å². The van der Waals surface area contributed by atoms with E-state index in [0.29, 0.717) is 17.5 Å². The Kier molecular flexibility index (Phi) is 4.79. The highest BCUT2D eigenvalue weighted by atomic mass is 32.2. The first-order valence-electron chi connectivity index (χ1n) is 6.69. The zero-order valence-electron chi connectivity index (χ0n) is 11.1. The quantitative estimate of drug-likeness (QED) is 0.758. The molecule has 1 fully saturated rings. The second-order valence-electron chi connectivity index (χ2n) is 4.69. The van der Waals surface area contributed by atoms with Gasteiger partial charge in [0, 0.05) is 18.3 Å². The van der Waals surface area contributed by atoms with Gasteiger partial charge in [-0.2, -0.15) is 0 Å². The highest BCUT2D eigenvalue weighted by Crippen LogP contribution is 2.16. The summed E-state index contributed by atoms with van der Waals surface area (Å²) < 4.78 is 26.1. The van der Waals surface area contributed by atoms with Crippen LogP contribution in [0.4, 0.5) is 5.69 Å². The van der Waals surface area contributed by atoms with Crippen LogP contribution in [0.2, 0.25) is 0 Å². The molecule has 5 nitrogen and oxygen atoms in total. The van der Waals surface area contributed by atoms with Gasteiger partial charge in [-0.3, -0.25) is 0 Å². The SMILES string of the molecule is CCNS(=O)(=O)c1ccc(NC2CCNCC2)cc1. The zero-order valence-corrected chi connectivity index (χ0v) is 12.0. The molecule has 0 atom stereocenters. The van der Waals surface area contributed by atoms with Crippen LogP contribution in [0.1, 0.15) is 19.8 Å². The molecule has 1 aliphatic heterocycles. The molecule has 0 amide bonds. The van der Waals surface area contributed by atoms with E-state index in [-0.39, 0.29) is 0 Å². The van der Waals surface area contributed by atoms with Crippen LogP contribution < -0.4 is 15.4 Å². The summed E-state index contributed by atoms with van der Waals surface area (Å²) in [4.78, 5) is 0.310. The second kappa shape index (κ2) is 6.36. The van der Waals surface area contributed by atoms with Crippen LogP contribution >= 0.6 is 0 Å². The summed E-state index contributed by atoms with van der Waals surface area (Å²) in [7, 11) is -3.35. The van der Waals surface area contributed by atoms with Crippen LogP contribution in [0.15, 0.2) is 29.2 Å². The standard InChI is InChI=1S/C13H21N3O2S/c1-2-15-19(17,18)13-5-3-11(4-6-13)16-12-7-9-14-10-8-12/h3-6,12,14-16H,2,7-10H2,1H3. The molecule has 0 spiro atoms. The molecule has 1 aromatic rings. The van der Waals surface area contributed by atoms with Crippen LogP contribution in [0.25, 0.3) is 0 Å². The Morgan fingerprint density at radius 2 is 1.84 bits per heavy atom. The minimum Gasteiger partial charge on any atom is -0.382 e. The van der Waals surface area contributed by atoms with Crippen molar-refractivity contribution in [1.29, 1.82) is 0 Å². The predicted octanol–water partition coefficient (Wildman–Crippen LogP) is 1.15. The van der Waals surface area contributed by atoms with Crippen LogP contribution in [0.5, 0.6) is 0 Å². The molecule has 6 heteroatoms. The molecule has 2 rings (SSSR count). The van der Waals surface area contributed by atoms with Gasteiger partial charge in [0.15, 0.2) is 0 Å². The third kappa shape index (κ3) is 3.92. The molecule has 1 saturated heterocycles. The van der Waals surface area contributed by atoms with Crippen molar-refractivity contribution in [2.75, 3.05) is 25.0 Å². The van der Waals surface area contributed by atoms with E-state index < -0.39 is 10.0 Å². The van der Waals surface area contributed by atoms with E-state index in [1.54, 1.807) is 19.1 Å². The predicted molar refractivity (Wildman–Crippen MR) is 76.8 cm³/mol. The molecular formula is C13H21N3O2S. The number of hydrogen-bond donors (Lipinski definition) is 3. The average Bonchev–Trinajstić information content (AvgIpc) is 2.40. The number of nitrogens with one attached hydrogen (secondary N) is 3. The minimum absolute atomic E-state index is 0.310. The van der Waals surface area contributed by atoms with Crippen LogP contribution in [-0.4, -0.2) is 34.1 Å². The lowest BCUT2D eigenvalue weighted by Gasteiger charge is -2.24. The Morgan fingerprint density at radius 1 is 1.21 bits per heavy atom. The van der Waals surface area contributed by atoms with E-state index in [1.165, 1.54) is 0 Å². The molecule has 3 N–H and O–H groups in total. The van der Waals surface area contributed by atoms with Gasteiger partial charge in [-0.05, 0) is 50.2 Å². The molecule has 0 radical (unpaired) electrons. The van der Waals surface area contributed by atoms with Crippen molar-refractivity contribution in [1.82, 2.24) is 10.0 Å². The Hall–Kier alpha value is -1.11. The molecule has 19 heavy (non-hydrogen) atoms. The lowest BCUT2D eigenvalue weighted by Crippen LogP contribution is -2.35. The van der Waals surface area contributed by atoms with Gasteiger partial charge in [0.1, 0.15) is 0 Å². The Morgan fingerprint density at radius 3 is 2.42 bits per heavy atom. The van der Waals surface area contributed by atoms with Crippen molar-refractivity contribution in [3.63, 3.8) is 0 Å². The minimum atomic E-state index is -3.35. The fraction of sp³-hybridized carbons (Fsp3) is 0.538. The van der Waals surface area contributed by atoms with Gasteiger partial charge >= 0.3 is 0 Å². The normalized spacial score (nSPS) is 17.3. The van der Waals surface area contributed by atoms with Gasteiger partial charge in [0.2, 0.25) is 10.0 Å². The van der Waals surface area contributed by atoms with E-state index in [4.69, 9.17) is 0 Å². The van der Waals surface area contributed by atoms with Gasteiger partial charge in [0.25, 0.3) is 0 Å². The van der Waals surface area contributed by atoms with Crippen LogP contribution in [-0.2, 0) is 10.0 Å². The molecular weight excluding hydrogens is 262 g/mol. The summed E-state index contributed by atoms with van der Waals surface area (Å²) in [6.07, 6.45) is 2.19. The van der Waals surface area contributed by atoms with Crippen molar-refractivity contribution in [2.24, 2.45) is 0 Å². The maximum Gasteiger partial charge on any atom is 0.240 e. The number of rotatable bonds is 5. The smallest absolute Gasteiger partial charge is 0.240 e. The van der Waals surface area contributed by atoms with Gasteiger partial charge in [-0.15, -0.1) is 0 Å². The van der Waals surface area contributed by atoms with Crippen molar-refractivity contribution in [3.05, 3.63) is 24.3 Å². The fourth-order valence-corrected chi connectivity index (χ4v) is 3.25. The van der Waals surface area contributed by atoms with Crippen LogP contribution in [0, 0.1) is 0 Å². The van der Waals surface area contributed by atoms with E-state index in [9.17, 15) is 8.42 Å². The summed E-state index contributed by atoms with van der Waals surface area (Å²) in [6, 6.07) is 7.40. The first-order chi connectivity index (χ1) is 9.12.